The number of nitro benzene ring substituents is 1. The quantitative estimate of drug-likeness (QED) is 0.635. The molecular weight excluding hydrogens is 338 g/mol. The van der Waals surface area contributed by atoms with Crippen LogP contribution in [0.4, 0.5) is 11.4 Å². The van der Waals surface area contributed by atoms with Crippen molar-refractivity contribution in [2.45, 2.75) is 18.4 Å². The van der Waals surface area contributed by atoms with Crippen molar-refractivity contribution in [1.82, 2.24) is 4.72 Å². The smallest absolute Gasteiger partial charge is 0.293 e. The summed E-state index contributed by atoms with van der Waals surface area (Å²) < 4.78 is 25.8. The van der Waals surface area contributed by atoms with Crippen LogP contribution in [0.25, 0.3) is 0 Å². The number of thiophene rings is 1. The van der Waals surface area contributed by atoms with Crippen molar-refractivity contribution in [2.24, 2.45) is 0 Å². The van der Waals surface area contributed by atoms with E-state index in [1.54, 1.807) is 23.3 Å². The van der Waals surface area contributed by atoms with Gasteiger partial charge < -0.3 is 4.90 Å². The van der Waals surface area contributed by atoms with E-state index in [0.717, 1.165) is 16.5 Å². The highest BCUT2D eigenvalue weighted by Crippen LogP contribution is 2.31. The van der Waals surface area contributed by atoms with Gasteiger partial charge in [-0.05, 0) is 43.1 Å². The number of nitrogens with one attached hydrogen (secondary N) is 1. The van der Waals surface area contributed by atoms with Gasteiger partial charge in [-0.25, -0.2) is 13.1 Å². The van der Waals surface area contributed by atoms with Crippen LogP contribution in [0.15, 0.2) is 34.5 Å². The van der Waals surface area contributed by atoms with Crippen molar-refractivity contribution >= 4 is 32.7 Å². The van der Waals surface area contributed by atoms with Crippen molar-refractivity contribution in [3.05, 3.63) is 50.2 Å². The molecule has 0 saturated carbocycles. The number of sulfonamides is 1. The van der Waals surface area contributed by atoms with E-state index in [2.05, 4.69) is 4.72 Å². The van der Waals surface area contributed by atoms with Gasteiger partial charge in [-0.3, -0.25) is 10.1 Å². The minimum atomic E-state index is -3.72. The molecule has 0 radical (unpaired) electrons. The maximum Gasteiger partial charge on any atom is 0.293 e. The molecule has 9 heteroatoms. The fourth-order valence-electron chi connectivity index (χ4n) is 2.12. The number of anilines is 1. The van der Waals surface area contributed by atoms with Gasteiger partial charge in [0.2, 0.25) is 10.0 Å². The lowest BCUT2D eigenvalue weighted by molar-refractivity contribution is -0.384. The maximum atomic E-state index is 11.8. The maximum absolute atomic E-state index is 11.8. The van der Waals surface area contributed by atoms with Crippen LogP contribution in [0.3, 0.4) is 0 Å². The standard InChI is InChI=1S/C14H17N3O4S2/c1-10-6-7-22-14(10)9-16(3)12-5-4-11(23(20,21)15-2)8-13(12)17(18)19/h4-8,15H,9H2,1-3H3. The van der Waals surface area contributed by atoms with E-state index >= 15 is 0 Å². The van der Waals surface area contributed by atoms with Crippen molar-refractivity contribution in [3.8, 4) is 0 Å². The minimum absolute atomic E-state index is 0.129. The van der Waals surface area contributed by atoms with E-state index in [1.165, 1.54) is 19.2 Å². The van der Waals surface area contributed by atoms with Crippen LogP contribution >= 0.6 is 11.3 Å². The molecule has 0 amide bonds. The Morgan fingerprint density at radius 1 is 1.35 bits per heavy atom. The lowest BCUT2D eigenvalue weighted by atomic mass is 10.2. The second-order valence-electron chi connectivity index (χ2n) is 5.00. The lowest BCUT2D eigenvalue weighted by Gasteiger charge is -2.19. The van der Waals surface area contributed by atoms with Crippen LogP contribution < -0.4 is 9.62 Å². The Balaban J connectivity index is 2.42. The summed E-state index contributed by atoms with van der Waals surface area (Å²) in [6.07, 6.45) is 0. The first-order valence-electron chi connectivity index (χ1n) is 6.72. The van der Waals surface area contributed by atoms with E-state index in [-0.39, 0.29) is 10.6 Å². The number of hydrogen-bond donors (Lipinski definition) is 1. The first-order chi connectivity index (χ1) is 10.8. The molecule has 1 aromatic carbocycles. The predicted octanol–water partition coefficient (Wildman–Crippen LogP) is 2.51. The second-order valence-corrected chi connectivity index (χ2v) is 7.89. The molecular formula is C14H17N3O4S2. The van der Waals surface area contributed by atoms with Crippen LogP contribution in [0.1, 0.15) is 10.4 Å². The Kier molecular flexibility index (Phi) is 5.03. The van der Waals surface area contributed by atoms with Gasteiger partial charge in [-0.2, -0.15) is 0 Å². The molecule has 0 aliphatic carbocycles. The molecule has 23 heavy (non-hydrogen) atoms. The number of nitro groups is 1. The third-order valence-corrected chi connectivity index (χ3v) is 5.90. The zero-order chi connectivity index (χ0) is 17.2. The Labute approximate surface area is 138 Å². The van der Waals surface area contributed by atoms with Crippen LogP contribution in [0, 0.1) is 17.0 Å². The molecule has 0 aliphatic heterocycles. The molecule has 0 bridgehead atoms. The number of hydrogen-bond acceptors (Lipinski definition) is 6. The Morgan fingerprint density at radius 3 is 2.57 bits per heavy atom. The van der Waals surface area contributed by atoms with Gasteiger partial charge in [0, 0.05) is 18.0 Å². The summed E-state index contributed by atoms with van der Waals surface area (Å²) in [6.45, 7) is 2.50. The third-order valence-electron chi connectivity index (χ3n) is 3.48. The summed E-state index contributed by atoms with van der Waals surface area (Å²) in [6, 6.07) is 5.90. The first-order valence-corrected chi connectivity index (χ1v) is 9.08. The number of nitrogens with zero attached hydrogens (tertiary/aromatic N) is 2. The van der Waals surface area contributed by atoms with Crippen molar-refractivity contribution in [3.63, 3.8) is 0 Å². The van der Waals surface area contributed by atoms with Gasteiger partial charge >= 0.3 is 0 Å². The van der Waals surface area contributed by atoms with Gasteiger partial charge in [0.05, 0.1) is 16.4 Å². The highest BCUT2D eigenvalue weighted by atomic mass is 32.2. The zero-order valence-electron chi connectivity index (χ0n) is 12.9. The van der Waals surface area contributed by atoms with Crippen LogP contribution in [0.5, 0.6) is 0 Å². The van der Waals surface area contributed by atoms with Crippen molar-refractivity contribution in [2.75, 3.05) is 19.0 Å². The molecule has 0 spiro atoms. The number of benzene rings is 1. The summed E-state index contributed by atoms with van der Waals surface area (Å²) in [5.74, 6) is 0. The average molecular weight is 355 g/mol. The summed E-state index contributed by atoms with van der Waals surface area (Å²) in [5, 5.41) is 13.3. The number of rotatable bonds is 6. The fourth-order valence-corrected chi connectivity index (χ4v) is 3.83. The molecule has 0 aliphatic rings. The lowest BCUT2D eigenvalue weighted by Crippen LogP contribution is -2.20. The SMILES string of the molecule is CNS(=O)(=O)c1ccc(N(C)Cc2sccc2C)c([N+](=O)[O-])c1. The average Bonchev–Trinajstić information content (AvgIpc) is 2.91. The van der Waals surface area contributed by atoms with E-state index in [1.807, 2.05) is 18.4 Å². The van der Waals surface area contributed by atoms with Crippen LogP contribution in [0.2, 0.25) is 0 Å². The summed E-state index contributed by atoms with van der Waals surface area (Å²) in [5.41, 5.74) is 1.26. The molecule has 1 aromatic heterocycles. The largest absolute Gasteiger partial charge is 0.364 e. The second kappa shape index (κ2) is 6.65. The topological polar surface area (TPSA) is 92.6 Å². The Hall–Kier alpha value is -1.97. The first kappa shape index (κ1) is 17.4. The monoisotopic (exact) mass is 355 g/mol. The summed E-state index contributed by atoms with van der Waals surface area (Å²) >= 11 is 1.58. The fraction of sp³-hybridized carbons (Fsp3) is 0.286. The van der Waals surface area contributed by atoms with Gasteiger partial charge in [0.15, 0.2) is 0 Å². The Morgan fingerprint density at radius 2 is 2.04 bits per heavy atom. The van der Waals surface area contributed by atoms with E-state index in [0.29, 0.717) is 12.2 Å². The van der Waals surface area contributed by atoms with Gasteiger partial charge in [-0.1, -0.05) is 0 Å². The van der Waals surface area contributed by atoms with Gasteiger partial charge in [0.25, 0.3) is 5.69 Å². The summed E-state index contributed by atoms with van der Waals surface area (Å²) in [4.78, 5) is 13.5. The molecule has 124 valence electrons. The van der Waals surface area contributed by atoms with E-state index in [9.17, 15) is 18.5 Å². The van der Waals surface area contributed by atoms with Crippen LogP contribution in [-0.4, -0.2) is 27.4 Å². The van der Waals surface area contributed by atoms with Gasteiger partial charge in [0.1, 0.15) is 5.69 Å². The minimum Gasteiger partial charge on any atom is -0.364 e. The molecule has 0 unspecified atom stereocenters. The van der Waals surface area contributed by atoms with Crippen molar-refractivity contribution < 1.29 is 13.3 Å². The molecule has 0 saturated heterocycles. The molecule has 2 aromatic rings. The van der Waals surface area contributed by atoms with E-state index < -0.39 is 14.9 Å². The molecule has 7 nitrogen and oxygen atoms in total. The van der Waals surface area contributed by atoms with Crippen LogP contribution in [-0.2, 0) is 16.6 Å². The van der Waals surface area contributed by atoms with E-state index in [4.69, 9.17) is 0 Å². The summed E-state index contributed by atoms with van der Waals surface area (Å²) in [7, 11) is -0.716. The third kappa shape index (κ3) is 3.69. The van der Waals surface area contributed by atoms with Gasteiger partial charge in [-0.15, -0.1) is 11.3 Å². The molecule has 0 atom stereocenters. The van der Waals surface area contributed by atoms with Crippen molar-refractivity contribution in [1.29, 1.82) is 0 Å². The molecule has 1 heterocycles. The molecule has 2 rings (SSSR count). The number of aryl methyl sites for hydroxylation is 1. The molecule has 1 N–H and O–H groups in total. The zero-order valence-corrected chi connectivity index (χ0v) is 14.6. The highest BCUT2D eigenvalue weighted by molar-refractivity contribution is 7.89. The normalized spacial score (nSPS) is 11.4. The molecule has 0 fully saturated rings. The highest BCUT2D eigenvalue weighted by Gasteiger charge is 2.22. The predicted molar refractivity (Wildman–Crippen MR) is 90.5 cm³/mol. The Bertz CT molecular complexity index is 830.